The summed E-state index contributed by atoms with van der Waals surface area (Å²) >= 11 is 0. The average molecular weight is 512 g/mol. The number of hydrogen-bond donors (Lipinski definition) is 3. The maximum atomic E-state index is 14.8. The van der Waals surface area contributed by atoms with Crippen LogP contribution in [0.5, 0.6) is 0 Å². The van der Waals surface area contributed by atoms with Gasteiger partial charge in [0.05, 0.1) is 39.4 Å². The predicted molar refractivity (Wildman–Crippen MR) is 151 cm³/mol. The third kappa shape index (κ3) is 3.87. The Balaban J connectivity index is 1.49. The van der Waals surface area contributed by atoms with E-state index in [1.54, 1.807) is 36.4 Å². The average Bonchev–Trinajstić information content (AvgIpc) is 2.97. The Hall–Kier alpha value is -5.48. The van der Waals surface area contributed by atoms with Gasteiger partial charge < -0.3 is 5.73 Å². The van der Waals surface area contributed by atoms with Gasteiger partial charge in [-0.3, -0.25) is 10.8 Å². The van der Waals surface area contributed by atoms with E-state index in [0.29, 0.717) is 11.1 Å². The number of nitriles is 1. The first-order valence-electron chi connectivity index (χ1n) is 12.0. The fraction of sp³-hybridized carbons (Fsp3) is 0. The first kappa shape index (κ1) is 23.9. The highest BCUT2D eigenvalue weighted by atomic mass is 19.1. The van der Waals surface area contributed by atoms with Crippen molar-refractivity contribution < 1.29 is 8.78 Å². The summed E-state index contributed by atoms with van der Waals surface area (Å²) in [7, 11) is 0. The minimum atomic E-state index is -0.952. The van der Waals surface area contributed by atoms with Crippen LogP contribution in [0.15, 0.2) is 84.9 Å². The molecule has 1 aliphatic carbocycles. The first-order valence-corrected chi connectivity index (χ1v) is 12.0. The van der Waals surface area contributed by atoms with Crippen molar-refractivity contribution in [3.8, 4) is 39.6 Å². The number of nitrogens with one attached hydrogen (secondary N) is 2. The second kappa shape index (κ2) is 9.12. The number of benzene rings is 4. The van der Waals surface area contributed by atoms with Crippen LogP contribution in [0.1, 0.15) is 16.7 Å². The molecule has 0 atom stereocenters. The third-order valence-corrected chi connectivity index (χ3v) is 6.86. The summed E-state index contributed by atoms with van der Waals surface area (Å²) in [5, 5.41) is 26.8. The Morgan fingerprint density at radius 2 is 1.44 bits per heavy atom. The summed E-state index contributed by atoms with van der Waals surface area (Å²) in [4.78, 5) is 4.96. The molecule has 6 rings (SSSR count). The van der Waals surface area contributed by atoms with E-state index in [9.17, 15) is 14.0 Å². The monoisotopic (exact) mass is 511 g/mol. The van der Waals surface area contributed by atoms with Crippen LogP contribution in [0.4, 0.5) is 14.5 Å². The quantitative estimate of drug-likeness (QED) is 0.220. The van der Waals surface area contributed by atoms with E-state index in [2.05, 4.69) is 0 Å². The predicted octanol–water partition coefficient (Wildman–Crippen LogP) is 7.38. The smallest absolute Gasteiger partial charge is 0.156 e. The second-order valence-corrected chi connectivity index (χ2v) is 9.17. The molecule has 0 unspecified atom stereocenters. The van der Waals surface area contributed by atoms with Crippen LogP contribution in [-0.4, -0.2) is 16.4 Å². The van der Waals surface area contributed by atoms with Gasteiger partial charge in [-0.1, -0.05) is 66.7 Å². The number of halogens is 2. The molecule has 4 aromatic carbocycles. The minimum absolute atomic E-state index is 0.134. The van der Waals surface area contributed by atoms with E-state index in [1.165, 1.54) is 0 Å². The maximum Gasteiger partial charge on any atom is 0.156 e. The number of anilines is 1. The Morgan fingerprint density at radius 3 is 2.15 bits per heavy atom. The van der Waals surface area contributed by atoms with Crippen LogP contribution < -0.4 is 5.73 Å². The Bertz CT molecular complexity index is 1920. The Morgan fingerprint density at radius 1 is 0.744 bits per heavy atom. The van der Waals surface area contributed by atoms with Crippen LogP contribution in [0.2, 0.25) is 0 Å². The molecule has 1 aliphatic rings. The standard InChI is InChI=1S/C32H19F2N5/c33-29-21(16-35)14-25(37)30(34)27(29)18-8-6-17(7-9-18)20-10-11-22-26(15-20)39-32(19-4-2-1-3-5-19)23-12-13-24(36)31(38)28(22)23/h1-15,36,38H,37H2. The topological polar surface area (TPSA) is 110 Å². The molecule has 0 fully saturated rings. The molecule has 0 radical (unpaired) electrons. The molecule has 39 heavy (non-hydrogen) atoms. The summed E-state index contributed by atoms with van der Waals surface area (Å²) in [6.45, 7) is 0. The lowest BCUT2D eigenvalue weighted by molar-refractivity contribution is 0.590. The summed E-state index contributed by atoms with van der Waals surface area (Å²) in [6.07, 6.45) is 3.45. The molecule has 5 aromatic rings. The van der Waals surface area contributed by atoms with Crippen molar-refractivity contribution in [2.45, 2.75) is 0 Å². The van der Waals surface area contributed by atoms with Gasteiger partial charge in [-0.15, -0.1) is 0 Å². The van der Waals surface area contributed by atoms with Gasteiger partial charge in [-0.05, 0) is 41.0 Å². The molecule has 1 heterocycles. The number of nitrogens with zero attached hydrogens (tertiary/aromatic N) is 2. The normalized spacial score (nSPS) is 12.4. The van der Waals surface area contributed by atoms with Gasteiger partial charge in [-0.25, -0.2) is 13.8 Å². The fourth-order valence-corrected chi connectivity index (χ4v) is 4.91. The van der Waals surface area contributed by atoms with Gasteiger partial charge in [0.25, 0.3) is 0 Å². The molecule has 1 aromatic heterocycles. The molecular weight excluding hydrogens is 492 g/mol. The molecule has 7 heteroatoms. The number of hydrogen-bond acceptors (Lipinski definition) is 5. The summed E-state index contributed by atoms with van der Waals surface area (Å²) in [5.41, 5.74) is 10.6. The van der Waals surface area contributed by atoms with E-state index < -0.39 is 11.6 Å². The zero-order valence-corrected chi connectivity index (χ0v) is 20.4. The van der Waals surface area contributed by atoms with E-state index in [1.807, 2.05) is 54.6 Å². The number of nitrogen functional groups attached to an aromatic ring is 1. The molecule has 5 nitrogen and oxygen atoms in total. The van der Waals surface area contributed by atoms with Gasteiger partial charge in [-0.2, -0.15) is 5.26 Å². The number of aromatic nitrogens is 1. The largest absolute Gasteiger partial charge is 0.396 e. The first-order chi connectivity index (χ1) is 18.9. The number of rotatable bonds is 3. The molecule has 0 amide bonds. The number of pyridine rings is 1. The fourth-order valence-electron chi connectivity index (χ4n) is 4.91. The molecule has 0 aliphatic heterocycles. The number of nitrogens with two attached hydrogens (primary N) is 1. The lowest BCUT2D eigenvalue weighted by Crippen LogP contribution is -2.17. The third-order valence-electron chi connectivity index (χ3n) is 6.86. The van der Waals surface area contributed by atoms with E-state index >= 15 is 0 Å². The maximum absolute atomic E-state index is 14.8. The van der Waals surface area contributed by atoms with Gasteiger partial charge in [0.15, 0.2) is 11.6 Å². The SMILES string of the molecule is N#Cc1cc(N)c(F)c(-c2ccc(-c3ccc4c5c(c(-c6ccccc6)nc4c3)C=CC(=N)C5=N)cc2)c1F. The highest BCUT2D eigenvalue weighted by Gasteiger charge is 2.23. The molecular formula is C32H19F2N5. The van der Waals surface area contributed by atoms with Crippen LogP contribution in [-0.2, 0) is 0 Å². The van der Waals surface area contributed by atoms with Gasteiger partial charge in [0.2, 0.25) is 0 Å². The molecule has 4 N–H and O–H groups in total. The lowest BCUT2D eigenvalue weighted by atomic mass is 9.87. The van der Waals surface area contributed by atoms with Crippen LogP contribution in [0.3, 0.4) is 0 Å². The number of allylic oxidation sites excluding steroid dienone is 1. The zero-order valence-electron chi connectivity index (χ0n) is 20.4. The van der Waals surface area contributed by atoms with Crippen LogP contribution in [0.25, 0.3) is 50.5 Å². The highest BCUT2D eigenvalue weighted by Crippen LogP contribution is 2.37. The molecule has 0 saturated carbocycles. The van der Waals surface area contributed by atoms with E-state index in [0.717, 1.165) is 39.4 Å². The molecule has 186 valence electrons. The van der Waals surface area contributed by atoms with Crippen molar-refractivity contribution in [3.05, 3.63) is 113 Å². The van der Waals surface area contributed by atoms with Crippen molar-refractivity contribution >= 4 is 34.1 Å². The van der Waals surface area contributed by atoms with Gasteiger partial charge in [0.1, 0.15) is 6.07 Å². The van der Waals surface area contributed by atoms with Crippen LogP contribution >= 0.6 is 0 Å². The zero-order chi connectivity index (χ0) is 27.3. The van der Waals surface area contributed by atoms with Gasteiger partial charge >= 0.3 is 0 Å². The van der Waals surface area contributed by atoms with E-state index in [4.69, 9.17) is 21.5 Å². The number of fused-ring (bicyclic) bond motifs is 3. The minimum Gasteiger partial charge on any atom is -0.396 e. The summed E-state index contributed by atoms with van der Waals surface area (Å²) in [5.74, 6) is -1.86. The van der Waals surface area contributed by atoms with Gasteiger partial charge in [0, 0.05) is 22.1 Å². The Labute approximate surface area is 222 Å². The van der Waals surface area contributed by atoms with Crippen molar-refractivity contribution in [2.24, 2.45) is 0 Å². The second-order valence-electron chi connectivity index (χ2n) is 9.17. The molecule has 0 spiro atoms. The highest BCUT2D eigenvalue weighted by molar-refractivity contribution is 6.54. The van der Waals surface area contributed by atoms with Crippen molar-refractivity contribution in [1.82, 2.24) is 4.98 Å². The van der Waals surface area contributed by atoms with Crippen LogP contribution in [0, 0.1) is 33.8 Å². The summed E-state index contributed by atoms with van der Waals surface area (Å²) < 4.78 is 29.5. The van der Waals surface area contributed by atoms with Crippen molar-refractivity contribution in [2.75, 3.05) is 5.73 Å². The molecule has 0 saturated heterocycles. The van der Waals surface area contributed by atoms with Crippen molar-refractivity contribution in [3.63, 3.8) is 0 Å². The van der Waals surface area contributed by atoms with Crippen molar-refractivity contribution in [1.29, 1.82) is 16.1 Å². The molecule has 0 bridgehead atoms. The van der Waals surface area contributed by atoms with E-state index in [-0.39, 0.29) is 33.8 Å². The summed E-state index contributed by atoms with van der Waals surface area (Å²) in [6, 6.07) is 24.7. The Kier molecular flexibility index (Phi) is 5.59. The lowest BCUT2D eigenvalue weighted by Gasteiger charge is -2.19.